The molecule has 0 aromatic heterocycles. The fraction of sp³-hybridized carbons (Fsp3) is 0.350. The standard InChI is InChI=1S/C20H24N2O3.ClH/c1-15-19(21-11-12-24-15)20(23)22-13-16-7-9-18(10-8-16)25-14-17-5-3-2-4-6-17;/h2-10,15,19,21H,11-14H2,1H3,(H,22,23);1H/t15-,19+;/m1./s1. The monoisotopic (exact) mass is 376 g/mol. The average molecular weight is 377 g/mol. The van der Waals surface area contributed by atoms with E-state index < -0.39 is 0 Å². The Hall–Kier alpha value is -2.08. The Kier molecular flexibility index (Phi) is 7.91. The molecule has 0 bridgehead atoms. The number of benzene rings is 2. The molecular weight excluding hydrogens is 352 g/mol. The molecule has 1 aliphatic rings. The summed E-state index contributed by atoms with van der Waals surface area (Å²) in [6, 6.07) is 17.6. The molecule has 0 unspecified atom stereocenters. The van der Waals surface area contributed by atoms with E-state index in [1.165, 1.54) is 0 Å². The molecule has 1 heterocycles. The van der Waals surface area contributed by atoms with Crippen molar-refractivity contribution < 1.29 is 14.3 Å². The average Bonchev–Trinajstić information content (AvgIpc) is 2.66. The molecule has 2 aromatic rings. The SMILES string of the molecule is C[C@H]1OCCN[C@@H]1C(=O)NCc1ccc(OCc2ccccc2)cc1.Cl. The van der Waals surface area contributed by atoms with Gasteiger partial charge >= 0.3 is 0 Å². The number of hydrogen-bond donors (Lipinski definition) is 2. The lowest BCUT2D eigenvalue weighted by Gasteiger charge is -2.29. The van der Waals surface area contributed by atoms with Crippen LogP contribution in [-0.4, -0.2) is 31.2 Å². The molecule has 5 nitrogen and oxygen atoms in total. The molecule has 1 fully saturated rings. The second kappa shape index (κ2) is 10.2. The number of morpholine rings is 1. The highest BCUT2D eigenvalue weighted by molar-refractivity contribution is 5.85. The van der Waals surface area contributed by atoms with Gasteiger partial charge in [0.15, 0.2) is 0 Å². The topological polar surface area (TPSA) is 59.6 Å². The van der Waals surface area contributed by atoms with Crippen molar-refractivity contribution in [3.8, 4) is 5.75 Å². The number of halogens is 1. The Labute approximate surface area is 160 Å². The molecule has 2 aromatic carbocycles. The summed E-state index contributed by atoms with van der Waals surface area (Å²) in [5, 5.41) is 6.14. The zero-order valence-corrected chi connectivity index (χ0v) is 15.6. The van der Waals surface area contributed by atoms with Crippen LogP contribution in [0.3, 0.4) is 0 Å². The molecule has 0 aliphatic carbocycles. The van der Waals surface area contributed by atoms with E-state index in [1.54, 1.807) is 0 Å². The summed E-state index contributed by atoms with van der Waals surface area (Å²) in [5.41, 5.74) is 2.17. The molecule has 140 valence electrons. The molecule has 0 saturated carbocycles. The summed E-state index contributed by atoms with van der Waals surface area (Å²) < 4.78 is 11.3. The Morgan fingerprint density at radius 3 is 2.58 bits per heavy atom. The second-order valence-electron chi connectivity index (χ2n) is 6.14. The number of nitrogens with one attached hydrogen (secondary N) is 2. The highest BCUT2D eigenvalue weighted by atomic mass is 35.5. The summed E-state index contributed by atoms with van der Waals surface area (Å²) in [5.74, 6) is 0.784. The zero-order valence-electron chi connectivity index (χ0n) is 14.8. The Morgan fingerprint density at radius 1 is 1.15 bits per heavy atom. The minimum Gasteiger partial charge on any atom is -0.489 e. The molecule has 0 spiro atoms. The van der Waals surface area contributed by atoms with Crippen molar-refractivity contribution in [2.75, 3.05) is 13.2 Å². The predicted octanol–water partition coefficient (Wildman–Crippen LogP) is 2.68. The van der Waals surface area contributed by atoms with Gasteiger partial charge in [0.25, 0.3) is 0 Å². The molecule has 6 heteroatoms. The number of rotatable bonds is 6. The van der Waals surface area contributed by atoms with E-state index >= 15 is 0 Å². The van der Waals surface area contributed by atoms with Crippen LogP contribution in [-0.2, 0) is 22.7 Å². The van der Waals surface area contributed by atoms with Crippen LogP contribution in [0.4, 0.5) is 0 Å². The Bertz CT molecular complexity index is 679. The Morgan fingerprint density at radius 2 is 1.88 bits per heavy atom. The number of ether oxygens (including phenoxy) is 2. The third kappa shape index (κ3) is 5.73. The van der Waals surface area contributed by atoms with Gasteiger partial charge in [-0.15, -0.1) is 12.4 Å². The summed E-state index contributed by atoms with van der Waals surface area (Å²) in [7, 11) is 0. The zero-order chi connectivity index (χ0) is 17.5. The first-order valence-electron chi connectivity index (χ1n) is 8.61. The third-order valence-corrected chi connectivity index (χ3v) is 4.24. The van der Waals surface area contributed by atoms with Gasteiger partial charge in [0.1, 0.15) is 18.4 Å². The number of carbonyl (C=O) groups excluding carboxylic acids is 1. The number of hydrogen-bond acceptors (Lipinski definition) is 4. The summed E-state index contributed by atoms with van der Waals surface area (Å²) in [6.07, 6.45) is -0.109. The van der Waals surface area contributed by atoms with Gasteiger partial charge in [0, 0.05) is 13.1 Å². The maximum absolute atomic E-state index is 12.2. The minimum atomic E-state index is -0.290. The first-order chi connectivity index (χ1) is 12.2. The van der Waals surface area contributed by atoms with Crippen molar-refractivity contribution in [1.29, 1.82) is 0 Å². The van der Waals surface area contributed by atoms with Gasteiger partial charge in [-0.2, -0.15) is 0 Å². The van der Waals surface area contributed by atoms with Crippen LogP contribution in [0.1, 0.15) is 18.1 Å². The van der Waals surface area contributed by atoms with Gasteiger partial charge in [-0.25, -0.2) is 0 Å². The molecule has 1 aliphatic heterocycles. The van der Waals surface area contributed by atoms with Gasteiger partial charge in [-0.3, -0.25) is 4.79 Å². The Balaban J connectivity index is 0.00000243. The summed E-state index contributed by atoms with van der Waals surface area (Å²) in [4.78, 5) is 12.2. The maximum atomic E-state index is 12.2. The van der Waals surface area contributed by atoms with E-state index in [0.29, 0.717) is 26.3 Å². The van der Waals surface area contributed by atoms with E-state index in [4.69, 9.17) is 9.47 Å². The highest BCUT2D eigenvalue weighted by Crippen LogP contribution is 2.14. The van der Waals surface area contributed by atoms with Gasteiger partial charge in [0.05, 0.1) is 12.7 Å². The fourth-order valence-electron chi connectivity index (χ4n) is 2.77. The summed E-state index contributed by atoms with van der Waals surface area (Å²) in [6.45, 7) is 4.30. The van der Waals surface area contributed by atoms with Crippen LogP contribution in [0.2, 0.25) is 0 Å². The maximum Gasteiger partial charge on any atom is 0.240 e. The van der Waals surface area contributed by atoms with Crippen LogP contribution in [0, 0.1) is 0 Å². The normalized spacial score (nSPS) is 19.3. The van der Waals surface area contributed by atoms with Crippen molar-refractivity contribution >= 4 is 18.3 Å². The van der Waals surface area contributed by atoms with E-state index in [0.717, 1.165) is 16.9 Å². The van der Waals surface area contributed by atoms with Crippen molar-refractivity contribution in [2.45, 2.75) is 32.2 Å². The molecule has 2 N–H and O–H groups in total. The van der Waals surface area contributed by atoms with E-state index in [1.807, 2.05) is 61.5 Å². The van der Waals surface area contributed by atoms with Crippen molar-refractivity contribution in [3.05, 3.63) is 65.7 Å². The van der Waals surface area contributed by atoms with Crippen LogP contribution in [0.15, 0.2) is 54.6 Å². The molecule has 2 atom stereocenters. The fourth-order valence-corrected chi connectivity index (χ4v) is 2.77. The predicted molar refractivity (Wildman–Crippen MR) is 104 cm³/mol. The number of amides is 1. The van der Waals surface area contributed by atoms with Crippen molar-refractivity contribution in [2.24, 2.45) is 0 Å². The molecule has 1 saturated heterocycles. The first kappa shape index (κ1) is 20.2. The molecular formula is C20H25ClN2O3. The minimum absolute atomic E-state index is 0. The lowest BCUT2D eigenvalue weighted by molar-refractivity contribution is -0.129. The van der Waals surface area contributed by atoms with E-state index in [9.17, 15) is 4.79 Å². The van der Waals surface area contributed by atoms with Crippen LogP contribution in [0.5, 0.6) is 5.75 Å². The van der Waals surface area contributed by atoms with Gasteiger partial charge < -0.3 is 20.1 Å². The van der Waals surface area contributed by atoms with Crippen molar-refractivity contribution in [1.82, 2.24) is 10.6 Å². The van der Waals surface area contributed by atoms with Gasteiger partial charge in [-0.05, 0) is 30.2 Å². The van der Waals surface area contributed by atoms with Gasteiger partial charge in [-0.1, -0.05) is 42.5 Å². The molecule has 3 rings (SSSR count). The third-order valence-electron chi connectivity index (χ3n) is 4.24. The van der Waals surface area contributed by atoms with E-state index in [2.05, 4.69) is 10.6 Å². The molecule has 1 amide bonds. The van der Waals surface area contributed by atoms with Crippen molar-refractivity contribution in [3.63, 3.8) is 0 Å². The molecule has 0 radical (unpaired) electrons. The smallest absolute Gasteiger partial charge is 0.240 e. The molecule has 26 heavy (non-hydrogen) atoms. The lowest BCUT2D eigenvalue weighted by Crippen LogP contribution is -2.55. The first-order valence-corrected chi connectivity index (χ1v) is 8.61. The van der Waals surface area contributed by atoms with Crippen LogP contribution < -0.4 is 15.4 Å². The highest BCUT2D eigenvalue weighted by Gasteiger charge is 2.27. The number of carbonyl (C=O) groups is 1. The largest absolute Gasteiger partial charge is 0.489 e. The second-order valence-corrected chi connectivity index (χ2v) is 6.14. The van der Waals surface area contributed by atoms with Crippen LogP contribution in [0.25, 0.3) is 0 Å². The van der Waals surface area contributed by atoms with Crippen LogP contribution >= 0.6 is 12.4 Å². The van der Waals surface area contributed by atoms with Gasteiger partial charge in [0.2, 0.25) is 5.91 Å². The van der Waals surface area contributed by atoms with E-state index in [-0.39, 0.29) is 30.5 Å². The summed E-state index contributed by atoms with van der Waals surface area (Å²) >= 11 is 0. The lowest BCUT2D eigenvalue weighted by atomic mass is 10.1. The quantitative estimate of drug-likeness (QED) is 0.813.